The highest BCUT2D eigenvalue weighted by Gasteiger charge is 2.22. The maximum absolute atomic E-state index is 12.9. The summed E-state index contributed by atoms with van der Waals surface area (Å²) in [6.07, 6.45) is 2.64. The molecule has 24 heavy (non-hydrogen) atoms. The Hall–Kier alpha value is -2.68. The number of alkyl halides is 2. The number of halogens is 2. The average Bonchev–Trinajstić information content (AvgIpc) is 3.24. The smallest absolute Gasteiger partial charge is 0.289 e. The van der Waals surface area contributed by atoms with Crippen molar-refractivity contribution in [3.63, 3.8) is 0 Å². The zero-order valence-electron chi connectivity index (χ0n) is 13.3. The molecule has 0 radical (unpaired) electrons. The minimum absolute atomic E-state index is 0.192. The first-order valence-electron chi connectivity index (χ1n) is 7.41. The van der Waals surface area contributed by atoms with Gasteiger partial charge < -0.3 is 0 Å². The van der Waals surface area contributed by atoms with Crippen LogP contribution in [0, 0.1) is 0 Å². The summed E-state index contributed by atoms with van der Waals surface area (Å²) in [5.74, 6) is 0.914. The van der Waals surface area contributed by atoms with Crippen LogP contribution in [0.3, 0.4) is 0 Å². The van der Waals surface area contributed by atoms with Crippen molar-refractivity contribution in [2.45, 2.75) is 26.1 Å². The van der Waals surface area contributed by atoms with E-state index in [2.05, 4.69) is 20.5 Å². The zero-order chi connectivity index (χ0) is 17.1. The molecular weight excluding hydrogens is 316 g/mol. The second-order valence-corrected chi connectivity index (χ2v) is 5.40. The van der Waals surface area contributed by atoms with Crippen LogP contribution in [0.25, 0.3) is 5.69 Å². The summed E-state index contributed by atoms with van der Waals surface area (Å²) in [7, 11) is 1.82. The molecule has 0 saturated heterocycles. The molecule has 126 valence electrons. The molecule has 9 heteroatoms. The molecule has 1 atom stereocenters. The molecular formula is C15H17F2N7. The summed E-state index contributed by atoms with van der Waals surface area (Å²) in [4.78, 5) is 5.87. The molecule has 1 unspecified atom stereocenters. The quantitative estimate of drug-likeness (QED) is 0.693. The second kappa shape index (κ2) is 6.83. The van der Waals surface area contributed by atoms with E-state index in [9.17, 15) is 8.78 Å². The van der Waals surface area contributed by atoms with Crippen molar-refractivity contribution in [3.8, 4) is 5.69 Å². The molecule has 0 aliphatic rings. The van der Waals surface area contributed by atoms with E-state index in [4.69, 9.17) is 0 Å². The predicted molar refractivity (Wildman–Crippen MR) is 82.5 cm³/mol. The first-order valence-corrected chi connectivity index (χ1v) is 7.41. The van der Waals surface area contributed by atoms with E-state index in [-0.39, 0.29) is 18.4 Å². The van der Waals surface area contributed by atoms with Crippen LogP contribution in [-0.4, -0.2) is 41.7 Å². The summed E-state index contributed by atoms with van der Waals surface area (Å²) in [6.45, 7) is -0.443. The first kappa shape index (κ1) is 16.2. The largest absolute Gasteiger partial charge is 0.319 e. The highest BCUT2D eigenvalue weighted by molar-refractivity contribution is 5.30. The van der Waals surface area contributed by atoms with Crippen molar-refractivity contribution in [3.05, 3.63) is 54.4 Å². The standard InChI is InChI=1S/C15H17F2N7/c1-11(22(2)10-13-18-8-9-23(13)15(16)17)14-19-20-21-24(14)12-6-4-3-5-7-12/h3-9,11,15H,10H2,1-2H3. The lowest BCUT2D eigenvalue weighted by atomic mass is 10.2. The van der Waals surface area contributed by atoms with E-state index in [1.807, 2.05) is 49.2 Å². The topological polar surface area (TPSA) is 64.7 Å². The van der Waals surface area contributed by atoms with Gasteiger partial charge in [0.1, 0.15) is 5.82 Å². The van der Waals surface area contributed by atoms with Gasteiger partial charge in [-0.25, -0.2) is 4.98 Å². The molecule has 0 saturated carbocycles. The zero-order valence-corrected chi connectivity index (χ0v) is 13.3. The predicted octanol–water partition coefficient (Wildman–Crippen LogP) is 2.45. The van der Waals surface area contributed by atoms with Crippen LogP contribution in [0.4, 0.5) is 8.78 Å². The Balaban J connectivity index is 1.81. The normalized spacial score (nSPS) is 12.9. The van der Waals surface area contributed by atoms with Crippen LogP contribution in [0.2, 0.25) is 0 Å². The second-order valence-electron chi connectivity index (χ2n) is 5.40. The van der Waals surface area contributed by atoms with Crippen molar-refractivity contribution >= 4 is 0 Å². The van der Waals surface area contributed by atoms with Crippen LogP contribution in [0.15, 0.2) is 42.7 Å². The van der Waals surface area contributed by atoms with Gasteiger partial charge in [0.2, 0.25) is 0 Å². The van der Waals surface area contributed by atoms with E-state index < -0.39 is 6.55 Å². The molecule has 0 fully saturated rings. The van der Waals surface area contributed by atoms with E-state index in [0.717, 1.165) is 10.3 Å². The van der Waals surface area contributed by atoms with Gasteiger partial charge in [-0.15, -0.1) is 5.10 Å². The number of rotatable bonds is 6. The minimum atomic E-state index is -2.61. The first-order chi connectivity index (χ1) is 11.6. The summed E-state index contributed by atoms with van der Waals surface area (Å²) in [5, 5.41) is 11.8. The number of benzene rings is 1. The number of hydrogen-bond donors (Lipinski definition) is 0. The Bertz CT molecular complexity index is 784. The molecule has 7 nitrogen and oxygen atoms in total. The average molecular weight is 333 g/mol. The number of tetrazole rings is 1. The van der Waals surface area contributed by atoms with Crippen molar-refractivity contribution in [2.24, 2.45) is 0 Å². The molecule has 3 aromatic rings. The van der Waals surface area contributed by atoms with Gasteiger partial charge in [-0.1, -0.05) is 18.2 Å². The molecule has 0 aliphatic carbocycles. The lowest BCUT2D eigenvalue weighted by molar-refractivity contribution is 0.0634. The Kier molecular flexibility index (Phi) is 4.61. The Morgan fingerprint density at radius 2 is 1.96 bits per heavy atom. The maximum Gasteiger partial charge on any atom is 0.319 e. The van der Waals surface area contributed by atoms with Gasteiger partial charge in [-0.3, -0.25) is 9.47 Å². The number of nitrogens with zero attached hydrogens (tertiary/aromatic N) is 7. The third-order valence-corrected chi connectivity index (χ3v) is 3.88. The SMILES string of the molecule is CC(c1nnnn1-c1ccccc1)N(C)Cc1nccn1C(F)F. The molecule has 1 aromatic carbocycles. The third-order valence-electron chi connectivity index (χ3n) is 3.88. The summed E-state index contributed by atoms with van der Waals surface area (Å²) in [6, 6.07) is 9.31. The lowest BCUT2D eigenvalue weighted by Gasteiger charge is -2.23. The van der Waals surface area contributed by atoms with E-state index in [1.54, 1.807) is 4.68 Å². The van der Waals surface area contributed by atoms with Crippen molar-refractivity contribution in [1.82, 2.24) is 34.7 Å². The van der Waals surface area contributed by atoms with Gasteiger partial charge in [-0.05, 0) is 36.5 Å². The molecule has 0 bridgehead atoms. The number of para-hydroxylation sites is 1. The van der Waals surface area contributed by atoms with Crippen molar-refractivity contribution < 1.29 is 8.78 Å². The van der Waals surface area contributed by atoms with E-state index in [1.165, 1.54) is 12.4 Å². The number of hydrogen-bond acceptors (Lipinski definition) is 5. The van der Waals surface area contributed by atoms with E-state index in [0.29, 0.717) is 5.82 Å². The highest BCUT2D eigenvalue weighted by atomic mass is 19.3. The summed E-state index contributed by atoms with van der Waals surface area (Å²) in [5.41, 5.74) is 0.840. The fourth-order valence-electron chi connectivity index (χ4n) is 2.41. The monoisotopic (exact) mass is 333 g/mol. The van der Waals surface area contributed by atoms with Gasteiger partial charge in [0.05, 0.1) is 18.3 Å². The van der Waals surface area contributed by atoms with Gasteiger partial charge in [0.25, 0.3) is 0 Å². The van der Waals surface area contributed by atoms with Gasteiger partial charge in [-0.2, -0.15) is 13.5 Å². The summed E-state index contributed by atoms with van der Waals surface area (Å²) < 4.78 is 28.4. The van der Waals surface area contributed by atoms with Crippen molar-refractivity contribution in [2.75, 3.05) is 7.05 Å². The Morgan fingerprint density at radius 3 is 2.67 bits per heavy atom. The van der Waals surface area contributed by atoms with Crippen LogP contribution < -0.4 is 0 Å². The molecule has 0 N–H and O–H groups in total. The Labute approximate surface area is 137 Å². The minimum Gasteiger partial charge on any atom is -0.289 e. The van der Waals surface area contributed by atoms with Crippen LogP contribution >= 0.6 is 0 Å². The molecule has 0 amide bonds. The van der Waals surface area contributed by atoms with Crippen molar-refractivity contribution in [1.29, 1.82) is 0 Å². The number of aromatic nitrogens is 6. The lowest BCUT2D eigenvalue weighted by Crippen LogP contribution is -2.26. The van der Waals surface area contributed by atoms with Gasteiger partial charge in [0, 0.05) is 12.4 Å². The Morgan fingerprint density at radius 1 is 1.21 bits per heavy atom. The van der Waals surface area contributed by atoms with Crippen LogP contribution in [-0.2, 0) is 6.54 Å². The number of imidazole rings is 1. The molecule has 0 spiro atoms. The van der Waals surface area contributed by atoms with Crippen LogP contribution in [0.5, 0.6) is 0 Å². The van der Waals surface area contributed by atoms with E-state index >= 15 is 0 Å². The third kappa shape index (κ3) is 3.16. The fraction of sp³-hybridized carbons (Fsp3) is 0.333. The van der Waals surface area contributed by atoms with Crippen LogP contribution in [0.1, 0.15) is 31.2 Å². The molecule has 2 heterocycles. The summed E-state index contributed by atoms with van der Waals surface area (Å²) >= 11 is 0. The molecule has 0 aliphatic heterocycles. The maximum atomic E-state index is 12.9. The fourth-order valence-corrected chi connectivity index (χ4v) is 2.41. The molecule has 3 rings (SSSR count). The highest BCUT2D eigenvalue weighted by Crippen LogP contribution is 2.21. The van der Waals surface area contributed by atoms with Gasteiger partial charge in [0.15, 0.2) is 5.82 Å². The van der Waals surface area contributed by atoms with Gasteiger partial charge >= 0.3 is 6.55 Å². The molecule has 2 aromatic heterocycles.